The van der Waals surface area contributed by atoms with Gasteiger partial charge in [0, 0.05) is 37.5 Å². The lowest BCUT2D eigenvalue weighted by Crippen LogP contribution is -2.49. The smallest absolute Gasteiger partial charge is 0.242 e. The number of morpholine rings is 1. The maximum atomic E-state index is 12.5. The standard InChI is InChI=1S/C15H19N5O2/c21-15(10-19-6-5-17-12-19)20-7-8-22-11-14(20)2-1-13-9-16-3-4-18-13/h3-6,9,12,14H,1-2,7-8,10-11H2. The third-order valence-electron chi connectivity index (χ3n) is 3.78. The van der Waals surface area contributed by atoms with Crippen molar-refractivity contribution < 1.29 is 9.53 Å². The summed E-state index contributed by atoms with van der Waals surface area (Å²) in [4.78, 5) is 26.7. The Hall–Kier alpha value is -2.28. The first-order valence-corrected chi connectivity index (χ1v) is 7.41. The van der Waals surface area contributed by atoms with Gasteiger partial charge in [-0.25, -0.2) is 4.98 Å². The summed E-state index contributed by atoms with van der Waals surface area (Å²) < 4.78 is 7.33. The number of carbonyl (C=O) groups excluding carboxylic acids is 1. The first-order chi connectivity index (χ1) is 10.8. The third kappa shape index (κ3) is 3.67. The monoisotopic (exact) mass is 301 g/mol. The van der Waals surface area contributed by atoms with Gasteiger partial charge in [-0.3, -0.25) is 14.8 Å². The van der Waals surface area contributed by atoms with E-state index < -0.39 is 0 Å². The molecular weight excluding hydrogens is 282 g/mol. The Morgan fingerprint density at radius 3 is 3.05 bits per heavy atom. The van der Waals surface area contributed by atoms with E-state index in [2.05, 4.69) is 15.0 Å². The van der Waals surface area contributed by atoms with Crippen molar-refractivity contribution in [3.05, 3.63) is 43.0 Å². The molecule has 1 aliphatic heterocycles. The van der Waals surface area contributed by atoms with Gasteiger partial charge in [0.15, 0.2) is 0 Å². The maximum Gasteiger partial charge on any atom is 0.242 e. The van der Waals surface area contributed by atoms with E-state index in [9.17, 15) is 4.79 Å². The molecule has 0 aliphatic carbocycles. The van der Waals surface area contributed by atoms with Gasteiger partial charge in [0.05, 0.1) is 31.3 Å². The Labute approximate surface area is 129 Å². The summed E-state index contributed by atoms with van der Waals surface area (Å²) in [7, 11) is 0. The average Bonchev–Trinajstić information content (AvgIpc) is 3.07. The van der Waals surface area contributed by atoms with Gasteiger partial charge in [0.25, 0.3) is 0 Å². The Balaban J connectivity index is 1.59. The minimum atomic E-state index is 0.0896. The summed E-state index contributed by atoms with van der Waals surface area (Å²) >= 11 is 0. The van der Waals surface area contributed by atoms with Crippen LogP contribution in [0, 0.1) is 0 Å². The van der Waals surface area contributed by atoms with Crippen molar-refractivity contribution in [2.24, 2.45) is 0 Å². The van der Waals surface area contributed by atoms with Crippen LogP contribution in [0.1, 0.15) is 12.1 Å². The number of hydrogen-bond donors (Lipinski definition) is 0. The van der Waals surface area contributed by atoms with Crippen LogP contribution in [0.5, 0.6) is 0 Å². The van der Waals surface area contributed by atoms with Gasteiger partial charge in [-0.15, -0.1) is 0 Å². The van der Waals surface area contributed by atoms with E-state index in [1.165, 1.54) is 0 Å². The van der Waals surface area contributed by atoms with Crippen LogP contribution in [0.2, 0.25) is 0 Å². The molecule has 0 N–H and O–H groups in total. The molecule has 7 nitrogen and oxygen atoms in total. The topological polar surface area (TPSA) is 73.1 Å². The lowest BCUT2D eigenvalue weighted by molar-refractivity contribution is -0.140. The summed E-state index contributed by atoms with van der Waals surface area (Å²) in [6.07, 6.45) is 11.9. The van der Waals surface area contributed by atoms with E-state index in [0.29, 0.717) is 26.3 Å². The van der Waals surface area contributed by atoms with Crippen LogP contribution in [0.15, 0.2) is 37.3 Å². The van der Waals surface area contributed by atoms with Crippen LogP contribution < -0.4 is 0 Å². The molecule has 116 valence electrons. The van der Waals surface area contributed by atoms with E-state index in [1.807, 2.05) is 4.90 Å². The van der Waals surface area contributed by atoms with Crippen LogP contribution in [0.4, 0.5) is 0 Å². The summed E-state index contributed by atoms with van der Waals surface area (Å²) in [5, 5.41) is 0. The number of hydrogen-bond acceptors (Lipinski definition) is 5. The lowest BCUT2D eigenvalue weighted by Gasteiger charge is -2.35. The quantitative estimate of drug-likeness (QED) is 0.805. The van der Waals surface area contributed by atoms with Crippen molar-refractivity contribution in [1.82, 2.24) is 24.4 Å². The van der Waals surface area contributed by atoms with E-state index in [4.69, 9.17) is 4.74 Å². The molecule has 1 fully saturated rings. The number of ether oxygens (including phenoxy) is 1. The molecule has 2 aromatic rings. The predicted molar refractivity (Wildman–Crippen MR) is 78.9 cm³/mol. The fourth-order valence-corrected chi connectivity index (χ4v) is 2.62. The Kier molecular flexibility index (Phi) is 4.75. The first-order valence-electron chi connectivity index (χ1n) is 7.41. The summed E-state index contributed by atoms with van der Waals surface area (Å²) in [6, 6.07) is 0.0896. The van der Waals surface area contributed by atoms with E-state index >= 15 is 0 Å². The predicted octanol–water partition coefficient (Wildman–Crippen LogP) is 0.533. The molecule has 1 amide bonds. The Bertz CT molecular complexity index is 587. The molecule has 2 aromatic heterocycles. The molecule has 1 unspecified atom stereocenters. The molecule has 0 saturated carbocycles. The molecule has 1 aliphatic rings. The van der Waals surface area contributed by atoms with Crippen molar-refractivity contribution in [2.45, 2.75) is 25.4 Å². The van der Waals surface area contributed by atoms with Crippen molar-refractivity contribution in [3.8, 4) is 0 Å². The summed E-state index contributed by atoms with van der Waals surface area (Å²) in [6.45, 7) is 2.13. The molecule has 0 spiro atoms. The largest absolute Gasteiger partial charge is 0.377 e. The third-order valence-corrected chi connectivity index (χ3v) is 3.78. The lowest BCUT2D eigenvalue weighted by atomic mass is 10.1. The molecule has 7 heteroatoms. The second-order valence-corrected chi connectivity index (χ2v) is 5.29. The zero-order valence-electron chi connectivity index (χ0n) is 12.3. The highest BCUT2D eigenvalue weighted by atomic mass is 16.5. The second-order valence-electron chi connectivity index (χ2n) is 5.29. The van der Waals surface area contributed by atoms with Gasteiger partial charge < -0.3 is 14.2 Å². The molecule has 3 rings (SSSR count). The van der Waals surface area contributed by atoms with Gasteiger partial charge in [0.2, 0.25) is 5.91 Å². The average molecular weight is 301 g/mol. The van der Waals surface area contributed by atoms with Gasteiger partial charge >= 0.3 is 0 Å². The van der Waals surface area contributed by atoms with Crippen LogP contribution in [-0.4, -0.2) is 56.1 Å². The maximum absolute atomic E-state index is 12.5. The first kappa shape index (κ1) is 14.6. The zero-order valence-corrected chi connectivity index (χ0v) is 12.3. The van der Waals surface area contributed by atoms with E-state index in [1.54, 1.807) is 41.9 Å². The number of nitrogens with zero attached hydrogens (tertiary/aromatic N) is 5. The SMILES string of the molecule is O=C(Cn1ccnc1)N1CCOCC1CCc1cnccn1. The molecule has 1 saturated heterocycles. The highest BCUT2D eigenvalue weighted by molar-refractivity contribution is 5.76. The fraction of sp³-hybridized carbons (Fsp3) is 0.467. The molecule has 0 bridgehead atoms. The Morgan fingerprint density at radius 1 is 1.32 bits per heavy atom. The fourth-order valence-electron chi connectivity index (χ4n) is 2.62. The summed E-state index contributed by atoms with van der Waals surface area (Å²) in [5.41, 5.74) is 0.940. The number of aromatic nitrogens is 4. The minimum Gasteiger partial charge on any atom is -0.377 e. The number of rotatable bonds is 5. The van der Waals surface area contributed by atoms with Crippen molar-refractivity contribution >= 4 is 5.91 Å². The molecule has 22 heavy (non-hydrogen) atoms. The Morgan fingerprint density at radius 2 is 2.27 bits per heavy atom. The van der Waals surface area contributed by atoms with E-state index in [0.717, 1.165) is 18.5 Å². The molecule has 1 atom stereocenters. The number of carbonyl (C=O) groups is 1. The molecule has 3 heterocycles. The van der Waals surface area contributed by atoms with Crippen LogP contribution in [0.3, 0.4) is 0 Å². The second kappa shape index (κ2) is 7.13. The van der Waals surface area contributed by atoms with Crippen LogP contribution in [0.25, 0.3) is 0 Å². The van der Waals surface area contributed by atoms with Crippen molar-refractivity contribution in [2.75, 3.05) is 19.8 Å². The van der Waals surface area contributed by atoms with E-state index in [-0.39, 0.29) is 11.9 Å². The molecular formula is C15H19N5O2. The molecule has 0 radical (unpaired) electrons. The van der Waals surface area contributed by atoms with Gasteiger partial charge in [-0.2, -0.15) is 0 Å². The number of aryl methyl sites for hydroxylation is 1. The van der Waals surface area contributed by atoms with Crippen molar-refractivity contribution in [1.29, 1.82) is 0 Å². The van der Waals surface area contributed by atoms with Gasteiger partial charge in [0.1, 0.15) is 6.54 Å². The van der Waals surface area contributed by atoms with Crippen molar-refractivity contribution in [3.63, 3.8) is 0 Å². The highest BCUT2D eigenvalue weighted by Crippen LogP contribution is 2.14. The minimum absolute atomic E-state index is 0.0896. The van der Waals surface area contributed by atoms with Gasteiger partial charge in [-0.1, -0.05) is 0 Å². The zero-order chi connectivity index (χ0) is 15.2. The normalized spacial score (nSPS) is 18.4. The molecule has 0 aromatic carbocycles. The summed E-state index contributed by atoms with van der Waals surface area (Å²) in [5.74, 6) is 0.102. The van der Waals surface area contributed by atoms with Crippen LogP contribution in [-0.2, 0) is 22.5 Å². The van der Waals surface area contributed by atoms with Crippen LogP contribution >= 0.6 is 0 Å². The van der Waals surface area contributed by atoms with Gasteiger partial charge in [-0.05, 0) is 12.8 Å². The number of imidazole rings is 1. The highest BCUT2D eigenvalue weighted by Gasteiger charge is 2.27. The number of amides is 1.